The van der Waals surface area contributed by atoms with Crippen LogP contribution in [0.3, 0.4) is 0 Å². The molecule has 2 N–H and O–H groups in total. The zero-order valence-corrected chi connectivity index (χ0v) is 15.9. The summed E-state index contributed by atoms with van der Waals surface area (Å²) >= 11 is 0. The van der Waals surface area contributed by atoms with Crippen molar-refractivity contribution in [3.63, 3.8) is 0 Å². The van der Waals surface area contributed by atoms with Crippen LogP contribution in [0.25, 0.3) is 11.3 Å². The van der Waals surface area contributed by atoms with Gasteiger partial charge in [0, 0.05) is 11.6 Å². The Bertz CT molecular complexity index is 950. The van der Waals surface area contributed by atoms with Crippen molar-refractivity contribution >= 4 is 12.2 Å². The fourth-order valence-corrected chi connectivity index (χ4v) is 2.63. The van der Waals surface area contributed by atoms with Crippen molar-refractivity contribution in [3.8, 4) is 17.0 Å². The summed E-state index contributed by atoms with van der Waals surface area (Å²) in [6.45, 7) is 2.91. The molecule has 2 aromatic carbocycles. The minimum absolute atomic E-state index is 0.240. The first kappa shape index (κ1) is 19.4. The average molecular weight is 376 g/mol. The molecule has 6 heteroatoms. The molecule has 28 heavy (non-hydrogen) atoms. The number of anilines is 1. The summed E-state index contributed by atoms with van der Waals surface area (Å²) < 4.78 is 5.70. The Morgan fingerprint density at radius 1 is 1.11 bits per heavy atom. The number of nitrogens with zero attached hydrogens (tertiary/aromatic N) is 2. The molecule has 0 atom stereocenters. The van der Waals surface area contributed by atoms with E-state index in [1.807, 2.05) is 54.6 Å². The highest BCUT2D eigenvalue weighted by atomic mass is 16.5. The van der Waals surface area contributed by atoms with Gasteiger partial charge in [0.25, 0.3) is 5.56 Å². The first-order valence-corrected chi connectivity index (χ1v) is 9.43. The van der Waals surface area contributed by atoms with E-state index in [1.165, 1.54) is 18.9 Å². The molecule has 6 nitrogen and oxygen atoms in total. The number of H-pyrrole nitrogens is 1. The van der Waals surface area contributed by atoms with Crippen molar-refractivity contribution in [2.75, 3.05) is 12.0 Å². The molecule has 1 aromatic heterocycles. The summed E-state index contributed by atoms with van der Waals surface area (Å²) in [5, 5.41) is 4.16. The Kier molecular flexibility index (Phi) is 6.95. The SMILES string of the molecule is CCCCCOc1ccc(/C=N/Nc2nc(-c3ccccc3)cc(=O)[nH]2)cc1. The van der Waals surface area contributed by atoms with E-state index in [0.717, 1.165) is 29.9 Å². The van der Waals surface area contributed by atoms with E-state index in [0.29, 0.717) is 11.6 Å². The van der Waals surface area contributed by atoms with Crippen LogP contribution in [0.2, 0.25) is 0 Å². The number of aromatic nitrogens is 2. The van der Waals surface area contributed by atoms with E-state index in [-0.39, 0.29) is 5.56 Å². The molecule has 3 aromatic rings. The standard InChI is InChI=1S/C22H24N4O2/c1-2-3-7-14-28-19-12-10-17(11-13-19)16-23-26-22-24-20(15-21(27)25-22)18-8-5-4-6-9-18/h4-6,8-13,15-16H,2-3,7,14H2,1H3,(H2,24,25,26,27)/b23-16+. The predicted molar refractivity (Wildman–Crippen MR) is 113 cm³/mol. The fraction of sp³-hybridized carbons (Fsp3) is 0.227. The third-order valence-electron chi connectivity index (χ3n) is 4.09. The number of rotatable bonds is 9. The van der Waals surface area contributed by atoms with Crippen LogP contribution in [0.1, 0.15) is 31.7 Å². The number of nitrogens with one attached hydrogen (secondary N) is 2. The summed E-state index contributed by atoms with van der Waals surface area (Å²) in [6, 6.07) is 18.7. The lowest BCUT2D eigenvalue weighted by Crippen LogP contribution is -2.10. The normalized spacial score (nSPS) is 10.9. The molecule has 0 aliphatic carbocycles. The molecule has 0 amide bonds. The maximum Gasteiger partial charge on any atom is 0.252 e. The van der Waals surface area contributed by atoms with Crippen LogP contribution < -0.4 is 15.7 Å². The summed E-state index contributed by atoms with van der Waals surface area (Å²) in [4.78, 5) is 18.9. The quantitative estimate of drug-likeness (QED) is 0.328. The molecular weight excluding hydrogens is 352 g/mol. The third kappa shape index (κ3) is 5.81. The lowest BCUT2D eigenvalue weighted by Gasteiger charge is -2.05. The number of benzene rings is 2. The highest BCUT2D eigenvalue weighted by Crippen LogP contribution is 2.15. The molecule has 0 aliphatic rings. The Morgan fingerprint density at radius 3 is 2.64 bits per heavy atom. The second-order valence-electron chi connectivity index (χ2n) is 6.34. The lowest BCUT2D eigenvalue weighted by atomic mass is 10.1. The van der Waals surface area contributed by atoms with Gasteiger partial charge in [0.05, 0.1) is 18.5 Å². The van der Waals surface area contributed by atoms with Gasteiger partial charge in [-0.1, -0.05) is 50.1 Å². The molecule has 0 fully saturated rings. The molecule has 3 rings (SSSR count). The first-order valence-electron chi connectivity index (χ1n) is 9.43. The zero-order valence-electron chi connectivity index (χ0n) is 15.9. The van der Waals surface area contributed by atoms with Gasteiger partial charge in [0.15, 0.2) is 0 Å². The largest absolute Gasteiger partial charge is 0.494 e. The van der Waals surface area contributed by atoms with Gasteiger partial charge >= 0.3 is 0 Å². The molecule has 1 heterocycles. The molecule has 0 spiro atoms. The number of hydrogen-bond donors (Lipinski definition) is 2. The Morgan fingerprint density at radius 2 is 1.89 bits per heavy atom. The second kappa shape index (κ2) is 10.1. The van der Waals surface area contributed by atoms with E-state index in [1.54, 1.807) is 6.21 Å². The molecule has 0 saturated heterocycles. The van der Waals surface area contributed by atoms with E-state index in [9.17, 15) is 4.79 Å². The van der Waals surface area contributed by atoms with Gasteiger partial charge in [-0.25, -0.2) is 10.4 Å². The van der Waals surface area contributed by atoms with Gasteiger partial charge in [-0.2, -0.15) is 5.10 Å². The van der Waals surface area contributed by atoms with Crippen molar-refractivity contribution in [2.45, 2.75) is 26.2 Å². The van der Waals surface area contributed by atoms with Crippen molar-refractivity contribution in [2.24, 2.45) is 5.10 Å². The van der Waals surface area contributed by atoms with Crippen LogP contribution >= 0.6 is 0 Å². The van der Waals surface area contributed by atoms with Gasteiger partial charge < -0.3 is 4.74 Å². The van der Waals surface area contributed by atoms with Crippen molar-refractivity contribution in [1.82, 2.24) is 9.97 Å². The number of hydrogen-bond acceptors (Lipinski definition) is 5. The zero-order chi connectivity index (χ0) is 19.6. The highest BCUT2D eigenvalue weighted by molar-refractivity contribution is 5.80. The minimum Gasteiger partial charge on any atom is -0.494 e. The highest BCUT2D eigenvalue weighted by Gasteiger charge is 2.03. The molecule has 0 unspecified atom stereocenters. The Balaban J connectivity index is 1.60. The van der Waals surface area contributed by atoms with Crippen molar-refractivity contribution < 1.29 is 4.74 Å². The second-order valence-corrected chi connectivity index (χ2v) is 6.34. The Labute approximate surface area is 164 Å². The number of hydrazone groups is 1. The third-order valence-corrected chi connectivity index (χ3v) is 4.09. The molecule has 0 radical (unpaired) electrons. The molecule has 144 valence electrons. The first-order chi connectivity index (χ1) is 13.7. The predicted octanol–water partition coefficient (Wildman–Crippen LogP) is 4.45. The van der Waals surface area contributed by atoms with E-state index in [2.05, 4.69) is 27.4 Å². The number of aromatic amines is 1. The Hall–Kier alpha value is -3.41. The summed E-state index contributed by atoms with van der Waals surface area (Å²) in [6.07, 6.45) is 5.09. The van der Waals surface area contributed by atoms with E-state index >= 15 is 0 Å². The van der Waals surface area contributed by atoms with Crippen LogP contribution in [0.15, 0.2) is 70.6 Å². The molecule has 0 bridgehead atoms. The van der Waals surface area contributed by atoms with Gasteiger partial charge in [-0.05, 0) is 36.2 Å². The van der Waals surface area contributed by atoms with Crippen LogP contribution in [0.4, 0.5) is 5.95 Å². The van der Waals surface area contributed by atoms with Gasteiger partial charge in [-0.15, -0.1) is 0 Å². The van der Waals surface area contributed by atoms with Crippen LogP contribution in [0.5, 0.6) is 5.75 Å². The molecule has 0 aliphatic heterocycles. The smallest absolute Gasteiger partial charge is 0.252 e. The van der Waals surface area contributed by atoms with E-state index < -0.39 is 0 Å². The van der Waals surface area contributed by atoms with Gasteiger partial charge in [0.1, 0.15) is 5.75 Å². The van der Waals surface area contributed by atoms with E-state index in [4.69, 9.17) is 4.74 Å². The summed E-state index contributed by atoms with van der Waals surface area (Å²) in [5.74, 6) is 1.14. The molecule has 0 saturated carbocycles. The minimum atomic E-state index is -0.240. The van der Waals surface area contributed by atoms with Crippen molar-refractivity contribution in [3.05, 3.63) is 76.6 Å². The summed E-state index contributed by atoms with van der Waals surface area (Å²) in [7, 11) is 0. The number of unbranched alkanes of at least 4 members (excludes halogenated alkanes) is 2. The maximum atomic E-state index is 11.9. The lowest BCUT2D eigenvalue weighted by molar-refractivity contribution is 0.306. The number of ether oxygens (including phenoxy) is 1. The average Bonchev–Trinajstić information content (AvgIpc) is 2.73. The fourth-order valence-electron chi connectivity index (χ4n) is 2.63. The topological polar surface area (TPSA) is 79.4 Å². The summed E-state index contributed by atoms with van der Waals surface area (Å²) in [5.41, 5.74) is 4.91. The molecular formula is C22H24N4O2. The van der Waals surface area contributed by atoms with Gasteiger partial charge in [0.2, 0.25) is 5.95 Å². The monoisotopic (exact) mass is 376 g/mol. The van der Waals surface area contributed by atoms with Crippen LogP contribution in [-0.4, -0.2) is 22.8 Å². The van der Waals surface area contributed by atoms with Crippen LogP contribution in [-0.2, 0) is 0 Å². The van der Waals surface area contributed by atoms with Gasteiger partial charge in [-0.3, -0.25) is 9.78 Å². The van der Waals surface area contributed by atoms with Crippen molar-refractivity contribution in [1.29, 1.82) is 0 Å². The maximum absolute atomic E-state index is 11.9. The van der Waals surface area contributed by atoms with Crippen LogP contribution in [0, 0.1) is 0 Å².